The average Bonchev–Trinajstić information content (AvgIpc) is 2.65. The molecule has 6 nitrogen and oxygen atoms in total. The quantitative estimate of drug-likeness (QED) is 0.667. The number of nitrogens with one attached hydrogen (secondary N) is 2. The lowest BCUT2D eigenvalue weighted by molar-refractivity contribution is -0.124. The SMILES string of the molecule is CC(C)[C@H](NC(=O)OCc1ccccc1)C(=O)NCCc1cccc(O)c1. The normalized spacial score (nSPS) is 11.7. The Kier molecular flexibility index (Phi) is 7.67. The lowest BCUT2D eigenvalue weighted by atomic mass is 10.0. The maximum atomic E-state index is 12.4. The van der Waals surface area contributed by atoms with Gasteiger partial charge in [0.05, 0.1) is 0 Å². The second-order valence-corrected chi connectivity index (χ2v) is 6.64. The van der Waals surface area contributed by atoms with Gasteiger partial charge in [-0.15, -0.1) is 0 Å². The Hall–Kier alpha value is -3.02. The third kappa shape index (κ3) is 7.01. The number of phenols is 1. The lowest BCUT2D eigenvalue weighted by Crippen LogP contribution is -2.50. The Bertz CT molecular complexity index is 747. The number of hydrogen-bond donors (Lipinski definition) is 3. The third-order valence-electron chi connectivity index (χ3n) is 4.06. The van der Waals surface area contributed by atoms with Gasteiger partial charge >= 0.3 is 6.09 Å². The summed E-state index contributed by atoms with van der Waals surface area (Å²) in [4.78, 5) is 24.4. The van der Waals surface area contributed by atoms with Crippen molar-refractivity contribution in [3.05, 3.63) is 65.7 Å². The molecule has 27 heavy (non-hydrogen) atoms. The van der Waals surface area contributed by atoms with Crippen molar-refractivity contribution >= 4 is 12.0 Å². The van der Waals surface area contributed by atoms with Crippen LogP contribution in [0.2, 0.25) is 0 Å². The van der Waals surface area contributed by atoms with E-state index in [1.165, 1.54) is 0 Å². The van der Waals surface area contributed by atoms with Crippen LogP contribution in [-0.2, 0) is 22.6 Å². The molecule has 1 atom stereocenters. The number of aromatic hydroxyl groups is 1. The monoisotopic (exact) mass is 370 g/mol. The van der Waals surface area contributed by atoms with Gasteiger partial charge in [0.15, 0.2) is 0 Å². The molecule has 0 heterocycles. The maximum Gasteiger partial charge on any atom is 0.408 e. The summed E-state index contributed by atoms with van der Waals surface area (Å²) in [6.07, 6.45) is -0.0377. The van der Waals surface area contributed by atoms with E-state index in [4.69, 9.17) is 4.74 Å². The molecule has 6 heteroatoms. The maximum absolute atomic E-state index is 12.4. The summed E-state index contributed by atoms with van der Waals surface area (Å²) in [5.74, 6) is -0.154. The van der Waals surface area contributed by atoms with Gasteiger partial charge in [-0.05, 0) is 35.6 Å². The van der Waals surface area contributed by atoms with Crippen LogP contribution in [0.4, 0.5) is 4.79 Å². The van der Waals surface area contributed by atoms with Gasteiger partial charge in [-0.1, -0.05) is 56.3 Å². The zero-order valence-corrected chi connectivity index (χ0v) is 15.6. The Labute approximate surface area is 159 Å². The number of rotatable bonds is 8. The molecule has 0 unspecified atom stereocenters. The highest BCUT2D eigenvalue weighted by Gasteiger charge is 2.24. The van der Waals surface area contributed by atoms with Crippen LogP contribution in [0.15, 0.2) is 54.6 Å². The summed E-state index contributed by atoms with van der Waals surface area (Å²) >= 11 is 0. The predicted molar refractivity (Wildman–Crippen MR) is 103 cm³/mol. The number of ether oxygens (including phenoxy) is 1. The summed E-state index contributed by atoms with van der Waals surface area (Å²) in [6, 6.07) is 15.6. The molecule has 0 fully saturated rings. The molecule has 2 rings (SSSR count). The molecule has 3 N–H and O–H groups in total. The van der Waals surface area contributed by atoms with Crippen LogP contribution in [0, 0.1) is 5.92 Å². The van der Waals surface area contributed by atoms with Gasteiger partial charge in [-0.3, -0.25) is 4.79 Å². The van der Waals surface area contributed by atoms with Crippen LogP contribution >= 0.6 is 0 Å². The van der Waals surface area contributed by atoms with Crippen LogP contribution in [0.1, 0.15) is 25.0 Å². The number of benzene rings is 2. The smallest absolute Gasteiger partial charge is 0.408 e. The molecule has 0 saturated carbocycles. The molecule has 0 bridgehead atoms. The second-order valence-electron chi connectivity index (χ2n) is 6.64. The van der Waals surface area contributed by atoms with Gasteiger partial charge in [0.1, 0.15) is 18.4 Å². The summed E-state index contributed by atoms with van der Waals surface area (Å²) in [7, 11) is 0. The van der Waals surface area contributed by atoms with Gasteiger partial charge in [-0.2, -0.15) is 0 Å². The standard InChI is InChI=1S/C21H26N2O4/c1-15(2)19(23-21(26)27-14-17-7-4-3-5-8-17)20(25)22-12-11-16-9-6-10-18(24)13-16/h3-10,13,15,19,24H,11-12,14H2,1-2H3,(H,22,25)(H,23,26)/t19-/m0/s1. The van der Waals surface area contributed by atoms with Crippen molar-refractivity contribution in [2.75, 3.05) is 6.54 Å². The third-order valence-corrected chi connectivity index (χ3v) is 4.06. The predicted octanol–water partition coefficient (Wildman–Crippen LogP) is 3.00. The summed E-state index contributed by atoms with van der Waals surface area (Å²) in [5.41, 5.74) is 1.80. The van der Waals surface area contributed by atoms with Crippen LogP contribution in [-0.4, -0.2) is 29.7 Å². The minimum absolute atomic E-state index is 0.0879. The molecule has 2 amide bonds. The average molecular weight is 370 g/mol. The number of hydrogen-bond acceptors (Lipinski definition) is 4. The van der Waals surface area contributed by atoms with E-state index in [1.807, 2.05) is 50.2 Å². The lowest BCUT2D eigenvalue weighted by Gasteiger charge is -2.21. The fourth-order valence-electron chi connectivity index (χ4n) is 2.58. The van der Waals surface area contributed by atoms with Crippen LogP contribution < -0.4 is 10.6 Å². The molecule has 0 radical (unpaired) electrons. The fraction of sp³-hybridized carbons (Fsp3) is 0.333. The van der Waals surface area contributed by atoms with E-state index in [-0.39, 0.29) is 24.2 Å². The Morgan fingerprint density at radius 3 is 2.41 bits per heavy atom. The number of carbonyl (C=O) groups excluding carboxylic acids is 2. The molecule has 0 aliphatic carbocycles. The number of carbonyl (C=O) groups is 2. The van der Waals surface area contributed by atoms with Crippen molar-refractivity contribution in [1.29, 1.82) is 0 Å². The molecule has 0 saturated heterocycles. The fourth-order valence-corrected chi connectivity index (χ4v) is 2.58. The van der Waals surface area contributed by atoms with Gasteiger partial charge in [-0.25, -0.2) is 4.79 Å². The van der Waals surface area contributed by atoms with E-state index in [0.29, 0.717) is 13.0 Å². The van der Waals surface area contributed by atoms with Crippen molar-refractivity contribution in [2.24, 2.45) is 5.92 Å². The number of amides is 2. The Balaban J connectivity index is 1.80. The van der Waals surface area contributed by atoms with Crippen molar-refractivity contribution in [3.8, 4) is 5.75 Å². The zero-order valence-electron chi connectivity index (χ0n) is 15.6. The zero-order chi connectivity index (χ0) is 19.6. The molecule has 2 aromatic carbocycles. The van der Waals surface area contributed by atoms with Crippen molar-refractivity contribution in [1.82, 2.24) is 10.6 Å². The van der Waals surface area contributed by atoms with Gasteiger partial charge < -0.3 is 20.5 Å². The first-order chi connectivity index (χ1) is 13.0. The van der Waals surface area contributed by atoms with E-state index in [2.05, 4.69) is 10.6 Å². The van der Waals surface area contributed by atoms with Crippen molar-refractivity contribution in [2.45, 2.75) is 32.9 Å². The summed E-state index contributed by atoms with van der Waals surface area (Å²) in [6.45, 7) is 4.27. The molecule has 144 valence electrons. The first-order valence-corrected chi connectivity index (χ1v) is 8.98. The first-order valence-electron chi connectivity index (χ1n) is 8.98. The molecule has 2 aromatic rings. The highest BCUT2D eigenvalue weighted by atomic mass is 16.5. The summed E-state index contributed by atoms with van der Waals surface area (Å²) in [5, 5.41) is 14.9. The highest BCUT2D eigenvalue weighted by Crippen LogP contribution is 2.11. The van der Waals surface area contributed by atoms with Crippen LogP contribution in [0.3, 0.4) is 0 Å². The summed E-state index contributed by atoms with van der Waals surface area (Å²) < 4.78 is 5.19. The Morgan fingerprint density at radius 2 is 1.74 bits per heavy atom. The molecular weight excluding hydrogens is 344 g/mol. The minimum Gasteiger partial charge on any atom is -0.508 e. The molecule has 0 aromatic heterocycles. The van der Waals surface area contributed by atoms with E-state index >= 15 is 0 Å². The number of alkyl carbamates (subject to hydrolysis) is 1. The van der Waals surface area contributed by atoms with Gasteiger partial charge in [0.25, 0.3) is 0 Å². The topological polar surface area (TPSA) is 87.7 Å². The van der Waals surface area contributed by atoms with Crippen LogP contribution in [0.25, 0.3) is 0 Å². The Morgan fingerprint density at radius 1 is 1.04 bits per heavy atom. The van der Waals surface area contributed by atoms with Crippen molar-refractivity contribution in [3.63, 3.8) is 0 Å². The molecule has 0 spiro atoms. The van der Waals surface area contributed by atoms with E-state index < -0.39 is 12.1 Å². The van der Waals surface area contributed by atoms with Gasteiger partial charge in [0, 0.05) is 6.54 Å². The van der Waals surface area contributed by atoms with Crippen LogP contribution in [0.5, 0.6) is 5.75 Å². The molecule has 0 aliphatic rings. The minimum atomic E-state index is -0.683. The molecule has 0 aliphatic heterocycles. The highest BCUT2D eigenvalue weighted by molar-refractivity contribution is 5.85. The molecular formula is C21H26N2O4. The van der Waals surface area contributed by atoms with Crippen molar-refractivity contribution < 1.29 is 19.4 Å². The number of phenolic OH excluding ortho intramolecular Hbond substituents is 1. The first kappa shape index (κ1) is 20.3. The van der Waals surface area contributed by atoms with E-state index in [0.717, 1.165) is 11.1 Å². The van der Waals surface area contributed by atoms with Gasteiger partial charge in [0.2, 0.25) is 5.91 Å². The largest absolute Gasteiger partial charge is 0.508 e. The second kappa shape index (κ2) is 10.2. The van der Waals surface area contributed by atoms with E-state index in [1.54, 1.807) is 18.2 Å². The van der Waals surface area contributed by atoms with E-state index in [9.17, 15) is 14.7 Å².